The van der Waals surface area contributed by atoms with Gasteiger partial charge in [-0.05, 0) is 55.8 Å². The monoisotopic (exact) mass is 463 g/mol. The number of benzene rings is 2. The molecule has 174 valence electrons. The van der Waals surface area contributed by atoms with Crippen LogP contribution in [0.2, 0.25) is 0 Å². The number of amides is 3. The van der Waals surface area contributed by atoms with Crippen LogP contribution in [-0.4, -0.2) is 51.6 Å². The summed E-state index contributed by atoms with van der Waals surface area (Å²) in [6.07, 6.45) is 0. The maximum Gasteiger partial charge on any atom is 0.339 e. The lowest BCUT2D eigenvalue weighted by Crippen LogP contribution is -2.43. The lowest BCUT2D eigenvalue weighted by molar-refractivity contribution is -0.114. The van der Waals surface area contributed by atoms with E-state index in [0.717, 1.165) is 5.56 Å². The first-order chi connectivity index (χ1) is 15.1. The van der Waals surface area contributed by atoms with Gasteiger partial charge in [-0.2, -0.15) is 8.42 Å². The predicted molar refractivity (Wildman–Crippen MR) is 121 cm³/mol. The number of urea groups is 1. The molecule has 10 heteroatoms. The number of rotatable bonds is 10. The second kappa shape index (κ2) is 11.5. The second-order valence-corrected chi connectivity index (χ2v) is 8.95. The van der Waals surface area contributed by atoms with E-state index < -0.39 is 10.1 Å². The largest absolute Gasteiger partial charge is 0.383 e. The van der Waals surface area contributed by atoms with E-state index in [1.54, 1.807) is 24.1 Å². The molecular formula is C22H29N3O6S. The van der Waals surface area contributed by atoms with Crippen LogP contribution in [-0.2, 0) is 26.2 Å². The summed E-state index contributed by atoms with van der Waals surface area (Å²) in [4.78, 5) is 25.1. The van der Waals surface area contributed by atoms with Gasteiger partial charge in [0.2, 0.25) is 5.91 Å². The smallest absolute Gasteiger partial charge is 0.339 e. The molecule has 0 fully saturated rings. The Morgan fingerprint density at radius 2 is 1.66 bits per heavy atom. The minimum absolute atomic E-state index is 0.000774. The second-order valence-electron chi connectivity index (χ2n) is 7.41. The molecule has 2 N–H and O–H groups in total. The molecular weight excluding hydrogens is 434 g/mol. The van der Waals surface area contributed by atoms with Crippen LogP contribution in [0.15, 0.2) is 53.4 Å². The molecule has 0 aliphatic rings. The van der Waals surface area contributed by atoms with Crippen LogP contribution in [0.5, 0.6) is 5.75 Å². The predicted octanol–water partition coefficient (Wildman–Crippen LogP) is 2.98. The SMILES string of the molecule is COCCN(Cc1ccc(OS(=O)(=O)c2ccc(NC(C)=O)cc2)cc1)C(=O)NC(C)C. The van der Waals surface area contributed by atoms with Gasteiger partial charge in [-0.1, -0.05) is 12.1 Å². The third kappa shape index (κ3) is 7.86. The molecule has 0 aromatic heterocycles. The molecule has 3 amide bonds. The summed E-state index contributed by atoms with van der Waals surface area (Å²) in [6.45, 7) is 6.27. The fourth-order valence-corrected chi connectivity index (χ4v) is 3.68. The highest BCUT2D eigenvalue weighted by Gasteiger charge is 2.18. The van der Waals surface area contributed by atoms with Gasteiger partial charge >= 0.3 is 16.1 Å². The van der Waals surface area contributed by atoms with Crippen molar-refractivity contribution in [2.24, 2.45) is 0 Å². The van der Waals surface area contributed by atoms with E-state index in [4.69, 9.17) is 8.92 Å². The van der Waals surface area contributed by atoms with Crippen LogP contribution < -0.4 is 14.8 Å². The zero-order chi connectivity index (χ0) is 23.7. The van der Waals surface area contributed by atoms with Crippen molar-refractivity contribution in [2.75, 3.05) is 25.6 Å². The number of nitrogens with zero attached hydrogens (tertiary/aromatic N) is 1. The molecule has 0 spiro atoms. The van der Waals surface area contributed by atoms with Crippen molar-refractivity contribution in [3.05, 3.63) is 54.1 Å². The first-order valence-electron chi connectivity index (χ1n) is 10.1. The first kappa shape index (κ1) is 25.2. The molecule has 0 saturated heterocycles. The Hall–Kier alpha value is -3.11. The van der Waals surface area contributed by atoms with Crippen molar-refractivity contribution in [2.45, 2.75) is 38.3 Å². The summed E-state index contributed by atoms with van der Waals surface area (Å²) in [5, 5.41) is 5.42. The lowest BCUT2D eigenvalue weighted by atomic mass is 10.2. The topological polar surface area (TPSA) is 114 Å². The number of hydrogen-bond acceptors (Lipinski definition) is 6. The number of methoxy groups -OCH3 is 1. The Labute approximate surface area is 188 Å². The van der Waals surface area contributed by atoms with Crippen molar-refractivity contribution >= 4 is 27.7 Å². The molecule has 0 unspecified atom stereocenters. The van der Waals surface area contributed by atoms with Crippen molar-refractivity contribution in [3.8, 4) is 5.75 Å². The molecule has 2 aromatic carbocycles. The van der Waals surface area contributed by atoms with Gasteiger partial charge in [-0.25, -0.2) is 4.79 Å². The summed E-state index contributed by atoms with van der Waals surface area (Å²) in [6, 6.07) is 11.9. The molecule has 2 aromatic rings. The third-order valence-corrected chi connectivity index (χ3v) is 5.49. The van der Waals surface area contributed by atoms with Crippen LogP contribution in [0, 0.1) is 0 Å². The minimum atomic E-state index is -4.04. The number of ether oxygens (including phenoxy) is 1. The molecule has 0 heterocycles. The van der Waals surface area contributed by atoms with Gasteiger partial charge in [-0.3, -0.25) is 4.79 Å². The Bertz CT molecular complexity index is 1000. The summed E-state index contributed by atoms with van der Waals surface area (Å²) in [5.41, 5.74) is 1.30. The molecule has 0 bridgehead atoms. The number of carbonyl (C=O) groups excluding carboxylic acids is 2. The first-order valence-corrected chi connectivity index (χ1v) is 11.5. The van der Waals surface area contributed by atoms with E-state index >= 15 is 0 Å². The van der Waals surface area contributed by atoms with Crippen LogP contribution in [0.3, 0.4) is 0 Å². The molecule has 0 saturated carbocycles. The van der Waals surface area contributed by atoms with E-state index in [2.05, 4.69) is 10.6 Å². The number of nitrogens with one attached hydrogen (secondary N) is 2. The Balaban J connectivity index is 2.07. The van der Waals surface area contributed by atoms with E-state index in [-0.39, 0.29) is 28.6 Å². The Kier molecular flexibility index (Phi) is 9.03. The minimum Gasteiger partial charge on any atom is -0.383 e. The maximum atomic E-state index is 12.5. The van der Waals surface area contributed by atoms with Gasteiger partial charge in [0.25, 0.3) is 0 Å². The van der Waals surface area contributed by atoms with Gasteiger partial charge in [0.1, 0.15) is 10.6 Å². The number of anilines is 1. The maximum absolute atomic E-state index is 12.5. The normalized spacial score (nSPS) is 11.2. The highest BCUT2D eigenvalue weighted by atomic mass is 32.2. The average Bonchev–Trinajstić information content (AvgIpc) is 2.71. The molecule has 2 rings (SSSR count). The summed E-state index contributed by atoms with van der Waals surface area (Å²) in [7, 11) is -2.47. The Morgan fingerprint density at radius 3 is 2.19 bits per heavy atom. The third-order valence-electron chi connectivity index (χ3n) is 4.23. The average molecular weight is 464 g/mol. The summed E-state index contributed by atoms with van der Waals surface area (Å²) in [5.74, 6) is -0.103. The van der Waals surface area contributed by atoms with Crippen LogP contribution in [0.25, 0.3) is 0 Å². The highest BCUT2D eigenvalue weighted by molar-refractivity contribution is 7.87. The lowest BCUT2D eigenvalue weighted by Gasteiger charge is -2.24. The number of hydrogen-bond donors (Lipinski definition) is 2. The van der Waals surface area contributed by atoms with Crippen molar-refractivity contribution < 1.29 is 26.9 Å². The fourth-order valence-electron chi connectivity index (χ4n) is 2.75. The zero-order valence-electron chi connectivity index (χ0n) is 18.6. The van der Waals surface area contributed by atoms with Gasteiger partial charge in [0.15, 0.2) is 0 Å². The molecule has 32 heavy (non-hydrogen) atoms. The molecule has 0 aliphatic heterocycles. The van der Waals surface area contributed by atoms with Crippen molar-refractivity contribution in [1.82, 2.24) is 10.2 Å². The van der Waals surface area contributed by atoms with Gasteiger partial charge in [-0.15, -0.1) is 0 Å². The molecule has 0 atom stereocenters. The van der Waals surface area contributed by atoms with Crippen molar-refractivity contribution in [3.63, 3.8) is 0 Å². The van der Waals surface area contributed by atoms with E-state index in [9.17, 15) is 18.0 Å². The summed E-state index contributed by atoms with van der Waals surface area (Å²) >= 11 is 0. The summed E-state index contributed by atoms with van der Waals surface area (Å²) < 4.78 is 35.3. The van der Waals surface area contributed by atoms with Gasteiger partial charge in [0.05, 0.1) is 6.61 Å². The van der Waals surface area contributed by atoms with Gasteiger partial charge < -0.3 is 24.5 Å². The van der Waals surface area contributed by atoms with Crippen LogP contribution in [0.4, 0.5) is 10.5 Å². The van der Waals surface area contributed by atoms with E-state index in [0.29, 0.717) is 25.4 Å². The molecule has 0 radical (unpaired) electrons. The quantitative estimate of drug-likeness (QED) is 0.524. The molecule has 9 nitrogen and oxygen atoms in total. The van der Waals surface area contributed by atoms with Gasteiger partial charge in [0, 0.05) is 38.9 Å². The molecule has 0 aliphatic carbocycles. The Morgan fingerprint density at radius 1 is 1.03 bits per heavy atom. The van der Waals surface area contributed by atoms with Crippen molar-refractivity contribution in [1.29, 1.82) is 0 Å². The standard InChI is InChI=1S/C22H29N3O6S/c1-16(2)23-22(27)25(13-14-30-4)15-18-5-9-20(10-6-18)31-32(28,29)21-11-7-19(8-12-21)24-17(3)26/h5-12,16H,13-15H2,1-4H3,(H,23,27)(H,24,26). The van der Waals surface area contributed by atoms with Crippen LogP contribution in [0.1, 0.15) is 26.3 Å². The van der Waals surface area contributed by atoms with E-state index in [1.165, 1.54) is 43.3 Å². The fraction of sp³-hybridized carbons (Fsp3) is 0.364. The highest BCUT2D eigenvalue weighted by Crippen LogP contribution is 2.21. The van der Waals surface area contributed by atoms with E-state index in [1.807, 2.05) is 13.8 Å². The van der Waals surface area contributed by atoms with Crippen LogP contribution >= 0.6 is 0 Å². The number of carbonyl (C=O) groups is 2. The zero-order valence-corrected chi connectivity index (χ0v) is 19.4.